The van der Waals surface area contributed by atoms with Crippen LogP contribution in [0.2, 0.25) is 0 Å². The minimum absolute atomic E-state index is 0.238. The highest BCUT2D eigenvalue weighted by atomic mass is 19.1. The van der Waals surface area contributed by atoms with Crippen molar-refractivity contribution in [3.8, 4) is 28.1 Å². The highest BCUT2D eigenvalue weighted by Crippen LogP contribution is 2.40. The molecule has 3 aromatic heterocycles. The monoisotopic (exact) mass is 462 g/mol. The molecule has 1 N–H and O–H groups in total. The van der Waals surface area contributed by atoms with Gasteiger partial charge in [-0.25, -0.2) is 9.18 Å². The lowest BCUT2D eigenvalue weighted by atomic mass is 10.0. The third kappa shape index (κ3) is 5.17. The minimum atomic E-state index is -0.570. The Labute approximate surface area is 197 Å². The summed E-state index contributed by atoms with van der Waals surface area (Å²) in [4.78, 5) is 25.8. The van der Waals surface area contributed by atoms with Crippen molar-refractivity contribution >= 4 is 17.1 Å². The zero-order chi connectivity index (χ0) is 24.3. The van der Waals surface area contributed by atoms with Gasteiger partial charge in [0, 0.05) is 30.6 Å². The molecule has 0 bridgehead atoms. The van der Waals surface area contributed by atoms with E-state index in [-0.39, 0.29) is 12.4 Å². The van der Waals surface area contributed by atoms with Crippen molar-refractivity contribution in [3.63, 3.8) is 0 Å². The first-order valence-electron chi connectivity index (χ1n) is 11.0. The molecule has 1 aromatic carbocycles. The first-order chi connectivity index (χ1) is 16.2. The summed E-state index contributed by atoms with van der Waals surface area (Å²) in [5.74, 6) is 0.203. The van der Waals surface area contributed by atoms with Crippen LogP contribution in [-0.2, 0) is 4.74 Å². The Bertz CT molecular complexity index is 1310. The van der Waals surface area contributed by atoms with Crippen LogP contribution in [0, 0.1) is 5.82 Å². The van der Waals surface area contributed by atoms with Gasteiger partial charge in [-0.15, -0.1) is 0 Å². The van der Waals surface area contributed by atoms with Crippen LogP contribution in [0.3, 0.4) is 0 Å². The first kappa shape index (κ1) is 23.2. The van der Waals surface area contributed by atoms with Crippen LogP contribution in [0.15, 0.2) is 61.1 Å². The molecule has 7 nitrogen and oxygen atoms in total. The van der Waals surface area contributed by atoms with Gasteiger partial charge in [0.15, 0.2) is 0 Å². The third-order valence-corrected chi connectivity index (χ3v) is 5.11. The van der Waals surface area contributed by atoms with Crippen molar-refractivity contribution in [2.24, 2.45) is 0 Å². The van der Waals surface area contributed by atoms with E-state index in [1.165, 1.54) is 17.0 Å². The molecule has 176 valence electrons. The van der Waals surface area contributed by atoms with Crippen molar-refractivity contribution < 1.29 is 18.7 Å². The molecule has 0 saturated carbocycles. The number of hydrogen-bond acceptors (Lipinski definition) is 5. The van der Waals surface area contributed by atoms with E-state index in [0.29, 0.717) is 17.9 Å². The first-order valence-corrected chi connectivity index (χ1v) is 11.0. The van der Waals surface area contributed by atoms with E-state index in [1.54, 1.807) is 31.7 Å². The molecule has 0 unspecified atom stereocenters. The number of halogens is 1. The van der Waals surface area contributed by atoms with Crippen molar-refractivity contribution in [3.05, 3.63) is 66.9 Å². The summed E-state index contributed by atoms with van der Waals surface area (Å²) in [7, 11) is 1.66. The molecule has 4 rings (SSSR count). The second-order valence-electron chi connectivity index (χ2n) is 8.91. The fourth-order valence-corrected chi connectivity index (χ4v) is 3.57. The van der Waals surface area contributed by atoms with Gasteiger partial charge >= 0.3 is 6.09 Å². The van der Waals surface area contributed by atoms with Gasteiger partial charge in [-0.05, 0) is 56.7 Å². The number of H-pyrrole nitrogens is 1. The SMILES string of the molecule is CN(CCOc1cnccc1-c1[nH]c2cccnc2c1-c1cccc(F)c1)C(=O)OC(C)(C)C. The predicted octanol–water partition coefficient (Wildman–Crippen LogP) is 5.68. The van der Waals surface area contributed by atoms with E-state index in [2.05, 4.69) is 15.0 Å². The van der Waals surface area contributed by atoms with Crippen molar-refractivity contribution in [2.45, 2.75) is 26.4 Å². The number of carbonyl (C=O) groups excluding carboxylic acids is 1. The number of ether oxygens (including phenoxy) is 2. The largest absolute Gasteiger partial charge is 0.489 e. The van der Waals surface area contributed by atoms with Gasteiger partial charge in [0.05, 0.1) is 29.5 Å². The molecule has 0 aliphatic rings. The highest BCUT2D eigenvalue weighted by molar-refractivity contribution is 6.02. The quantitative estimate of drug-likeness (QED) is 0.399. The number of aromatic nitrogens is 3. The Kier molecular flexibility index (Phi) is 6.49. The molecule has 34 heavy (non-hydrogen) atoms. The van der Waals surface area contributed by atoms with Crippen LogP contribution >= 0.6 is 0 Å². The second kappa shape index (κ2) is 9.51. The minimum Gasteiger partial charge on any atom is -0.489 e. The molecule has 0 aliphatic heterocycles. The summed E-state index contributed by atoms with van der Waals surface area (Å²) < 4.78 is 25.5. The van der Waals surface area contributed by atoms with Gasteiger partial charge in [-0.3, -0.25) is 9.97 Å². The number of nitrogens with one attached hydrogen (secondary N) is 1. The Morgan fingerprint density at radius 3 is 2.74 bits per heavy atom. The van der Waals surface area contributed by atoms with Crippen molar-refractivity contribution in [2.75, 3.05) is 20.2 Å². The molecule has 8 heteroatoms. The maximum absolute atomic E-state index is 14.1. The van der Waals surface area contributed by atoms with Gasteiger partial charge in [-0.2, -0.15) is 0 Å². The zero-order valence-electron chi connectivity index (χ0n) is 19.6. The normalized spacial score (nSPS) is 11.4. The molecule has 0 spiro atoms. The number of hydrogen-bond donors (Lipinski definition) is 1. The Morgan fingerprint density at radius 2 is 1.97 bits per heavy atom. The Hall–Kier alpha value is -3.94. The van der Waals surface area contributed by atoms with E-state index in [4.69, 9.17) is 9.47 Å². The summed E-state index contributed by atoms with van der Waals surface area (Å²) in [6.45, 7) is 6.03. The number of aromatic amines is 1. The van der Waals surface area contributed by atoms with Crippen LogP contribution in [0.1, 0.15) is 20.8 Å². The van der Waals surface area contributed by atoms with Crippen molar-refractivity contribution in [1.82, 2.24) is 19.9 Å². The number of carbonyl (C=O) groups is 1. The second-order valence-corrected chi connectivity index (χ2v) is 8.91. The summed E-state index contributed by atoms with van der Waals surface area (Å²) in [5, 5.41) is 0. The van der Waals surface area contributed by atoms with Gasteiger partial charge in [-0.1, -0.05) is 12.1 Å². The zero-order valence-corrected chi connectivity index (χ0v) is 19.6. The Morgan fingerprint density at radius 1 is 1.15 bits per heavy atom. The summed E-state index contributed by atoms with van der Waals surface area (Å²) in [5.41, 5.74) is 3.97. The molecule has 0 saturated heterocycles. The number of rotatable bonds is 6. The molecule has 0 aliphatic carbocycles. The van der Waals surface area contributed by atoms with Crippen molar-refractivity contribution in [1.29, 1.82) is 0 Å². The van der Waals surface area contributed by atoms with Crippen LogP contribution in [0.5, 0.6) is 5.75 Å². The van der Waals surface area contributed by atoms with Gasteiger partial charge in [0.1, 0.15) is 23.8 Å². The molecular weight excluding hydrogens is 435 g/mol. The lowest BCUT2D eigenvalue weighted by Gasteiger charge is -2.24. The maximum Gasteiger partial charge on any atom is 0.410 e. The van der Waals surface area contributed by atoms with E-state index in [0.717, 1.165) is 27.9 Å². The molecule has 1 amide bonds. The number of likely N-dealkylation sites (N-methyl/N-ethyl adjacent to an activating group) is 1. The lowest BCUT2D eigenvalue weighted by Crippen LogP contribution is -2.36. The molecular formula is C26H27FN4O3. The van der Waals surface area contributed by atoms with Crippen LogP contribution in [-0.4, -0.2) is 51.7 Å². The number of fused-ring (bicyclic) bond motifs is 1. The van der Waals surface area contributed by atoms with E-state index >= 15 is 0 Å². The molecule has 4 aromatic rings. The van der Waals surface area contributed by atoms with E-state index in [9.17, 15) is 9.18 Å². The van der Waals surface area contributed by atoms with Gasteiger partial charge in [0.2, 0.25) is 0 Å². The maximum atomic E-state index is 14.1. The van der Waals surface area contributed by atoms with Crippen LogP contribution < -0.4 is 4.74 Å². The van der Waals surface area contributed by atoms with E-state index in [1.807, 2.05) is 45.0 Å². The average Bonchev–Trinajstić information content (AvgIpc) is 3.17. The van der Waals surface area contributed by atoms with Crippen LogP contribution in [0.25, 0.3) is 33.4 Å². The number of benzene rings is 1. The van der Waals surface area contributed by atoms with Gasteiger partial charge < -0.3 is 19.4 Å². The standard InChI is InChI=1S/C26H27FN4O3/c1-26(2,3)34-25(32)31(4)13-14-33-21-16-28-12-10-19(21)23-22(17-7-5-8-18(27)15-17)24-20(30-23)9-6-11-29-24/h5-12,15-16,30H,13-14H2,1-4H3. The lowest BCUT2D eigenvalue weighted by molar-refractivity contribution is 0.0278. The third-order valence-electron chi connectivity index (χ3n) is 5.11. The number of nitrogens with zero attached hydrogens (tertiary/aromatic N) is 3. The summed E-state index contributed by atoms with van der Waals surface area (Å²) in [6.07, 6.45) is 4.58. The summed E-state index contributed by atoms with van der Waals surface area (Å²) >= 11 is 0. The Balaban J connectivity index is 1.64. The van der Waals surface area contributed by atoms with E-state index < -0.39 is 11.7 Å². The van der Waals surface area contributed by atoms with Gasteiger partial charge in [0.25, 0.3) is 0 Å². The smallest absolute Gasteiger partial charge is 0.410 e. The fourth-order valence-electron chi connectivity index (χ4n) is 3.57. The summed E-state index contributed by atoms with van der Waals surface area (Å²) in [6, 6.07) is 12.0. The predicted molar refractivity (Wildman–Crippen MR) is 129 cm³/mol. The fraction of sp³-hybridized carbons (Fsp3) is 0.269. The van der Waals surface area contributed by atoms with Crippen LogP contribution in [0.4, 0.5) is 9.18 Å². The molecule has 0 fully saturated rings. The molecule has 3 heterocycles. The number of pyridine rings is 2. The topological polar surface area (TPSA) is 80.3 Å². The number of amides is 1. The highest BCUT2D eigenvalue weighted by Gasteiger charge is 2.21. The average molecular weight is 463 g/mol. The molecule has 0 radical (unpaired) electrons. The molecule has 0 atom stereocenters.